The predicted molar refractivity (Wildman–Crippen MR) is 109 cm³/mol. The van der Waals surface area contributed by atoms with Gasteiger partial charge in [-0.15, -0.1) is 0 Å². The van der Waals surface area contributed by atoms with Crippen molar-refractivity contribution in [2.24, 2.45) is 0 Å². The van der Waals surface area contributed by atoms with Crippen LogP contribution in [-0.2, 0) is 20.7 Å². The second kappa shape index (κ2) is 9.92. The highest BCUT2D eigenvalue weighted by Gasteiger charge is 2.35. The third-order valence-electron chi connectivity index (χ3n) is 5.01. The van der Waals surface area contributed by atoms with Crippen molar-refractivity contribution in [3.05, 3.63) is 35.4 Å². The lowest BCUT2D eigenvalue weighted by molar-refractivity contribution is -0.137. The van der Waals surface area contributed by atoms with Gasteiger partial charge in [0.15, 0.2) is 0 Å². The molecule has 1 saturated heterocycles. The summed E-state index contributed by atoms with van der Waals surface area (Å²) in [6, 6.07) is 7.78. The number of ether oxygens (including phenoxy) is 2. The molecule has 1 N–H and O–H groups in total. The minimum absolute atomic E-state index is 0.0981. The Kier molecular flexibility index (Phi) is 7.87. The van der Waals surface area contributed by atoms with Crippen LogP contribution in [0.15, 0.2) is 24.3 Å². The molecule has 156 valence electrons. The molecule has 0 bridgehead atoms. The molecule has 1 aromatic rings. The number of carbonyl (C=O) groups is 2. The number of carbonyl (C=O) groups excluding carboxylic acids is 2. The lowest BCUT2D eigenvalue weighted by Crippen LogP contribution is -2.59. The van der Waals surface area contributed by atoms with Crippen LogP contribution in [-0.4, -0.2) is 54.8 Å². The Labute approximate surface area is 168 Å². The van der Waals surface area contributed by atoms with Gasteiger partial charge in [-0.3, -0.25) is 4.79 Å². The topological polar surface area (TPSA) is 67.9 Å². The van der Waals surface area contributed by atoms with E-state index in [-0.39, 0.29) is 18.0 Å². The van der Waals surface area contributed by atoms with Crippen molar-refractivity contribution >= 4 is 12.0 Å². The van der Waals surface area contributed by atoms with Gasteiger partial charge < -0.3 is 19.7 Å². The van der Waals surface area contributed by atoms with Gasteiger partial charge in [0.1, 0.15) is 5.60 Å². The zero-order valence-corrected chi connectivity index (χ0v) is 17.8. The van der Waals surface area contributed by atoms with Gasteiger partial charge in [-0.25, -0.2) is 4.79 Å². The van der Waals surface area contributed by atoms with Crippen molar-refractivity contribution in [2.75, 3.05) is 20.3 Å². The van der Waals surface area contributed by atoms with Crippen LogP contribution in [0.3, 0.4) is 0 Å². The number of benzene rings is 1. The number of hydrogen-bond donors (Lipinski definition) is 1. The summed E-state index contributed by atoms with van der Waals surface area (Å²) in [6.45, 7) is 8.64. The first-order valence-electron chi connectivity index (χ1n) is 10.0. The lowest BCUT2D eigenvalue weighted by atomic mass is 9.95. The molecule has 28 heavy (non-hydrogen) atoms. The highest BCUT2D eigenvalue weighted by Crippen LogP contribution is 2.21. The smallest absolute Gasteiger partial charge is 0.407 e. The van der Waals surface area contributed by atoms with Crippen LogP contribution in [0.2, 0.25) is 0 Å². The molecule has 1 aliphatic rings. The number of likely N-dealkylation sites (tertiary alicyclic amines) is 1. The summed E-state index contributed by atoms with van der Waals surface area (Å²) in [5.74, 6) is 0.0981. The number of alkyl carbamates (subject to hydrolysis) is 1. The monoisotopic (exact) mass is 390 g/mol. The molecule has 0 spiro atoms. The van der Waals surface area contributed by atoms with Gasteiger partial charge in [0.25, 0.3) is 0 Å². The summed E-state index contributed by atoms with van der Waals surface area (Å²) in [5.41, 5.74) is 1.84. The van der Waals surface area contributed by atoms with Crippen molar-refractivity contribution in [3.63, 3.8) is 0 Å². The Morgan fingerprint density at radius 1 is 1.25 bits per heavy atom. The molecule has 0 saturated carbocycles. The van der Waals surface area contributed by atoms with E-state index in [0.717, 1.165) is 12.8 Å². The zero-order chi connectivity index (χ0) is 20.7. The lowest BCUT2D eigenvalue weighted by Gasteiger charge is -2.41. The van der Waals surface area contributed by atoms with Crippen LogP contribution in [0.25, 0.3) is 0 Å². The molecule has 2 amide bonds. The average molecular weight is 391 g/mol. The summed E-state index contributed by atoms with van der Waals surface area (Å²) in [4.78, 5) is 27.0. The normalized spacial score (nSPS) is 20.0. The second-order valence-electron chi connectivity index (χ2n) is 8.43. The predicted octanol–water partition coefficient (Wildman–Crippen LogP) is 3.46. The van der Waals surface area contributed by atoms with Crippen LogP contribution < -0.4 is 5.32 Å². The van der Waals surface area contributed by atoms with Gasteiger partial charge in [-0.1, -0.05) is 24.3 Å². The number of hydrogen-bond acceptors (Lipinski definition) is 4. The quantitative estimate of drug-likeness (QED) is 0.808. The fraction of sp³-hybridized carbons (Fsp3) is 0.636. The second-order valence-corrected chi connectivity index (χ2v) is 8.43. The first-order valence-corrected chi connectivity index (χ1v) is 10.0. The number of amides is 2. The first-order chi connectivity index (χ1) is 13.2. The minimum atomic E-state index is -0.557. The van der Waals surface area contributed by atoms with Crippen molar-refractivity contribution in [2.45, 2.75) is 71.1 Å². The molecule has 0 aromatic heterocycles. The van der Waals surface area contributed by atoms with E-state index in [1.807, 2.05) is 37.8 Å². The molecule has 0 unspecified atom stereocenters. The van der Waals surface area contributed by atoms with E-state index in [1.165, 1.54) is 11.1 Å². The summed E-state index contributed by atoms with van der Waals surface area (Å²) in [5, 5.41) is 2.94. The molecule has 1 aliphatic heterocycles. The van der Waals surface area contributed by atoms with Gasteiger partial charge in [0.05, 0.1) is 18.7 Å². The van der Waals surface area contributed by atoms with Gasteiger partial charge in [0, 0.05) is 20.1 Å². The zero-order valence-electron chi connectivity index (χ0n) is 17.8. The molecule has 6 heteroatoms. The van der Waals surface area contributed by atoms with Gasteiger partial charge in [-0.05, 0) is 58.1 Å². The number of nitrogens with one attached hydrogen (secondary N) is 1. The largest absolute Gasteiger partial charge is 0.444 e. The van der Waals surface area contributed by atoms with Crippen LogP contribution in [0.5, 0.6) is 0 Å². The number of nitrogens with zero attached hydrogens (tertiary/aromatic N) is 1. The van der Waals surface area contributed by atoms with E-state index in [4.69, 9.17) is 9.47 Å². The summed E-state index contributed by atoms with van der Waals surface area (Å²) < 4.78 is 10.8. The van der Waals surface area contributed by atoms with Crippen molar-refractivity contribution in [1.29, 1.82) is 0 Å². The molecule has 0 aliphatic carbocycles. The molecular formula is C22H34N2O4. The van der Waals surface area contributed by atoms with Crippen molar-refractivity contribution < 1.29 is 19.1 Å². The van der Waals surface area contributed by atoms with Crippen molar-refractivity contribution in [3.8, 4) is 0 Å². The fourth-order valence-electron chi connectivity index (χ4n) is 3.65. The Hall–Kier alpha value is -2.08. The molecule has 2 atom stereocenters. The molecule has 0 radical (unpaired) electrons. The average Bonchev–Trinajstić information content (AvgIpc) is 2.60. The van der Waals surface area contributed by atoms with Crippen LogP contribution >= 0.6 is 0 Å². The van der Waals surface area contributed by atoms with E-state index in [1.54, 1.807) is 7.11 Å². The summed E-state index contributed by atoms with van der Waals surface area (Å²) in [6.07, 6.45) is 2.36. The maximum atomic E-state index is 13.0. The number of piperidine rings is 1. The Balaban J connectivity index is 2.02. The van der Waals surface area contributed by atoms with E-state index in [2.05, 4.69) is 24.4 Å². The third kappa shape index (κ3) is 6.51. The molecule has 6 nitrogen and oxygen atoms in total. The maximum absolute atomic E-state index is 13.0. The van der Waals surface area contributed by atoms with E-state index < -0.39 is 11.7 Å². The highest BCUT2D eigenvalue weighted by molar-refractivity contribution is 5.77. The van der Waals surface area contributed by atoms with Crippen LogP contribution in [0.4, 0.5) is 4.79 Å². The maximum Gasteiger partial charge on any atom is 0.407 e. The van der Waals surface area contributed by atoms with Crippen LogP contribution in [0, 0.1) is 6.92 Å². The molecule has 1 aromatic carbocycles. The Morgan fingerprint density at radius 2 is 1.96 bits per heavy atom. The number of aryl methyl sites for hydroxylation is 2. The highest BCUT2D eigenvalue weighted by atomic mass is 16.6. The van der Waals surface area contributed by atoms with Gasteiger partial charge in [-0.2, -0.15) is 0 Å². The Morgan fingerprint density at radius 3 is 2.61 bits per heavy atom. The van der Waals surface area contributed by atoms with E-state index in [0.29, 0.717) is 26.0 Å². The van der Waals surface area contributed by atoms with Crippen molar-refractivity contribution in [1.82, 2.24) is 10.2 Å². The molecule has 1 heterocycles. The number of methoxy groups -OCH3 is 1. The van der Waals surface area contributed by atoms with E-state index >= 15 is 0 Å². The molecule has 1 fully saturated rings. The summed E-state index contributed by atoms with van der Waals surface area (Å²) >= 11 is 0. The Bertz CT molecular complexity index is 669. The first kappa shape index (κ1) is 22.2. The molecule has 2 rings (SSSR count). The molecular weight excluding hydrogens is 356 g/mol. The third-order valence-corrected chi connectivity index (χ3v) is 5.01. The standard InChI is InChI=1S/C22H34N2O4/c1-16-9-6-7-10-17(16)12-13-20(25)24-14-8-11-18(19(24)15-27-5)23-21(26)28-22(2,3)4/h6-7,9-10,18-19H,8,11-15H2,1-5H3,(H,23,26)/t18-,19-/m0/s1. The number of rotatable bonds is 6. The summed E-state index contributed by atoms with van der Waals surface area (Å²) in [7, 11) is 1.62. The SMILES string of the molecule is COC[C@H]1[C@@H](NC(=O)OC(C)(C)C)CCCN1C(=O)CCc1ccccc1C. The fourth-order valence-corrected chi connectivity index (χ4v) is 3.65. The minimum Gasteiger partial charge on any atom is -0.444 e. The van der Waals surface area contributed by atoms with Gasteiger partial charge >= 0.3 is 6.09 Å². The van der Waals surface area contributed by atoms with E-state index in [9.17, 15) is 9.59 Å². The van der Waals surface area contributed by atoms with Gasteiger partial charge in [0.2, 0.25) is 5.91 Å². The van der Waals surface area contributed by atoms with Crippen LogP contribution in [0.1, 0.15) is 51.2 Å².